The summed E-state index contributed by atoms with van der Waals surface area (Å²) in [5.74, 6) is 0.985. The maximum atomic E-state index is 12.7. The molecule has 2 unspecified atom stereocenters. The monoisotopic (exact) mass is 542 g/mol. The molecule has 12 heteroatoms. The van der Waals surface area contributed by atoms with Gasteiger partial charge in [-0.25, -0.2) is 4.98 Å². The summed E-state index contributed by atoms with van der Waals surface area (Å²) in [6.45, 7) is 4.61. The van der Waals surface area contributed by atoms with Crippen molar-refractivity contribution in [3.8, 4) is 11.5 Å². The normalized spacial score (nSPS) is 18.0. The number of hydrogen-bond donors (Lipinski definition) is 2. The second-order valence-electron chi connectivity index (χ2n) is 8.78. The van der Waals surface area contributed by atoms with Crippen molar-refractivity contribution >= 4 is 27.0 Å². The van der Waals surface area contributed by atoms with E-state index in [1.807, 2.05) is 5.38 Å². The van der Waals surface area contributed by atoms with Crippen LogP contribution in [0.5, 0.6) is 11.5 Å². The standard InChI is InChI=1S/C24H25F3N2O5S2/c1-14(2)20-13-35-22(28-20)12-33-18-6-7-21-19(10-18)23(30)16(11-34-21)8-15-4-3-5-17(9-15)29-36(31,32)24(25,26)27/h3-7,9-10,13-14,16,23,29-30H,8,11-12H2,1-2H3. The molecule has 2 atom stereocenters. The molecule has 7 nitrogen and oxygen atoms in total. The Morgan fingerprint density at radius 2 is 2.03 bits per heavy atom. The first-order valence-corrected chi connectivity index (χ1v) is 13.5. The number of fused-ring (bicyclic) bond motifs is 1. The predicted octanol–water partition coefficient (Wildman–Crippen LogP) is 5.39. The number of halogens is 3. The molecule has 2 N–H and O–H groups in total. The van der Waals surface area contributed by atoms with Crippen LogP contribution in [0.15, 0.2) is 47.8 Å². The zero-order valence-electron chi connectivity index (χ0n) is 19.4. The topological polar surface area (TPSA) is 97.8 Å². The van der Waals surface area contributed by atoms with Gasteiger partial charge in [0.25, 0.3) is 0 Å². The fourth-order valence-electron chi connectivity index (χ4n) is 3.77. The number of benzene rings is 2. The van der Waals surface area contributed by atoms with Crippen LogP contribution >= 0.6 is 11.3 Å². The van der Waals surface area contributed by atoms with E-state index in [-0.39, 0.29) is 25.3 Å². The molecule has 0 aliphatic carbocycles. The molecule has 0 saturated carbocycles. The Bertz CT molecular complexity index is 1330. The van der Waals surface area contributed by atoms with Crippen molar-refractivity contribution in [1.82, 2.24) is 4.98 Å². The van der Waals surface area contributed by atoms with Gasteiger partial charge in [-0.2, -0.15) is 21.6 Å². The molecular formula is C24H25F3N2O5S2. The van der Waals surface area contributed by atoms with Crippen LogP contribution in [0.2, 0.25) is 0 Å². The van der Waals surface area contributed by atoms with Crippen LogP contribution in [0.1, 0.15) is 47.7 Å². The molecule has 0 saturated heterocycles. The zero-order valence-corrected chi connectivity index (χ0v) is 21.1. The van der Waals surface area contributed by atoms with Gasteiger partial charge in [0.15, 0.2) is 0 Å². The van der Waals surface area contributed by atoms with Crippen molar-refractivity contribution in [2.75, 3.05) is 11.3 Å². The lowest BCUT2D eigenvalue weighted by Crippen LogP contribution is -2.30. The molecule has 2 heterocycles. The van der Waals surface area contributed by atoms with Gasteiger partial charge in [-0.15, -0.1) is 11.3 Å². The third-order valence-electron chi connectivity index (χ3n) is 5.70. The molecule has 1 aliphatic heterocycles. The molecule has 194 valence electrons. The molecule has 0 amide bonds. The minimum atomic E-state index is -5.53. The van der Waals surface area contributed by atoms with E-state index in [0.717, 1.165) is 10.7 Å². The number of aliphatic hydroxyl groups excluding tert-OH is 1. The quantitative estimate of drug-likeness (QED) is 0.396. The summed E-state index contributed by atoms with van der Waals surface area (Å²) in [5.41, 5.74) is -3.54. The number of nitrogens with zero attached hydrogens (tertiary/aromatic N) is 1. The second-order valence-corrected chi connectivity index (χ2v) is 11.4. The van der Waals surface area contributed by atoms with Gasteiger partial charge in [0, 0.05) is 22.5 Å². The third-order valence-corrected chi connectivity index (χ3v) is 7.66. The summed E-state index contributed by atoms with van der Waals surface area (Å²) in [4.78, 5) is 4.54. The summed E-state index contributed by atoms with van der Waals surface area (Å²) in [6.07, 6.45) is -0.662. The molecule has 0 radical (unpaired) electrons. The van der Waals surface area contributed by atoms with E-state index in [9.17, 15) is 26.7 Å². The first kappa shape index (κ1) is 26.2. The highest BCUT2D eigenvalue weighted by molar-refractivity contribution is 7.93. The molecular weight excluding hydrogens is 517 g/mol. The van der Waals surface area contributed by atoms with Crippen molar-refractivity contribution in [3.05, 3.63) is 69.7 Å². The Hall–Kier alpha value is -2.83. The van der Waals surface area contributed by atoms with E-state index < -0.39 is 27.6 Å². The van der Waals surface area contributed by atoms with Crippen LogP contribution in [0.4, 0.5) is 18.9 Å². The largest absolute Gasteiger partial charge is 0.516 e. The Morgan fingerprint density at radius 3 is 2.72 bits per heavy atom. The molecule has 2 aromatic carbocycles. The van der Waals surface area contributed by atoms with E-state index in [1.165, 1.54) is 34.3 Å². The number of ether oxygens (including phenoxy) is 2. The molecule has 3 aromatic rings. The maximum absolute atomic E-state index is 12.7. The molecule has 0 bridgehead atoms. The van der Waals surface area contributed by atoms with Crippen LogP contribution in [-0.2, 0) is 23.1 Å². The molecule has 4 rings (SSSR count). The highest BCUT2D eigenvalue weighted by Gasteiger charge is 2.46. The van der Waals surface area contributed by atoms with E-state index in [4.69, 9.17) is 9.47 Å². The minimum Gasteiger partial charge on any atom is -0.493 e. The number of aromatic nitrogens is 1. The molecule has 1 aliphatic rings. The Balaban J connectivity index is 1.44. The summed E-state index contributed by atoms with van der Waals surface area (Å²) >= 11 is 1.52. The number of anilines is 1. The minimum absolute atomic E-state index is 0.184. The Morgan fingerprint density at radius 1 is 1.25 bits per heavy atom. The van der Waals surface area contributed by atoms with Gasteiger partial charge < -0.3 is 14.6 Å². The van der Waals surface area contributed by atoms with E-state index >= 15 is 0 Å². The average molecular weight is 543 g/mol. The average Bonchev–Trinajstić information content (AvgIpc) is 3.28. The fraction of sp³-hybridized carbons (Fsp3) is 0.375. The third kappa shape index (κ3) is 5.93. The first-order chi connectivity index (χ1) is 16.9. The summed E-state index contributed by atoms with van der Waals surface area (Å²) in [5, 5.41) is 13.9. The number of thiazole rings is 1. The lowest BCUT2D eigenvalue weighted by molar-refractivity contribution is -0.0429. The number of rotatable bonds is 8. The first-order valence-electron chi connectivity index (χ1n) is 11.1. The van der Waals surface area contributed by atoms with E-state index in [2.05, 4.69) is 18.8 Å². The van der Waals surface area contributed by atoms with Crippen LogP contribution in [0.25, 0.3) is 0 Å². The van der Waals surface area contributed by atoms with Gasteiger partial charge in [0.1, 0.15) is 23.1 Å². The molecule has 0 spiro atoms. The fourth-order valence-corrected chi connectivity index (χ4v) is 5.19. The van der Waals surface area contributed by atoms with Crippen molar-refractivity contribution in [3.63, 3.8) is 0 Å². The van der Waals surface area contributed by atoms with Crippen molar-refractivity contribution in [1.29, 1.82) is 0 Å². The Labute approximate surface area is 211 Å². The summed E-state index contributed by atoms with van der Waals surface area (Å²) in [6, 6.07) is 10.8. The summed E-state index contributed by atoms with van der Waals surface area (Å²) in [7, 11) is -5.53. The lowest BCUT2D eigenvalue weighted by atomic mass is 9.88. The van der Waals surface area contributed by atoms with Crippen molar-refractivity contribution < 1.29 is 36.2 Å². The van der Waals surface area contributed by atoms with Crippen molar-refractivity contribution in [2.45, 2.75) is 44.4 Å². The van der Waals surface area contributed by atoms with Crippen molar-refractivity contribution in [2.24, 2.45) is 5.92 Å². The SMILES string of the molecule is CC(C)c1csc(COc2ccc3c(c2)C(O)C(Cc2cccc(NS(=O)(=O)C(F)(F)F)c2)CO3)n1. The molecule has 36 heavy (non-hydrogen) atoms. The number of aliphatic hydroxyl groups is 1. The van der Waals surface area contributed by atoms with E-state index in [1.54, 1.807) is 24.3 Å². The van der Waals surface area contributed by atoms with E-state index in [0.29, 0.717) is 28.5 Å². The van der Waals surface area contributed by atoms with Crippen LogP contribution in [-0.4, -0.2) is 30.6 Å². The highest BCUT2D eigenvalue weighted by atomic mass is 32.2. The number of alkyl halides is 3. The van der Waals surface area contributed by atoms with Gasteiger partial charge in [-0.05, 0) is 48.2 Å². The molecule has 0 fully saturated rings. The van der Waals surface area contributed by atoms with Gasteiger partial charge in [-0.3, -0.25) is 4.72 Å². The lowest BCUT2D eigenvalue weighted by Gasteiger charge is -2.30. The zero-order chi connectivity index (χ0) is 26.1. The highest BCUT2D eigenvalue weighted by Crippen LogP contribution is 2.39. The number of nitrogens with one attached hydrogen (secondary N) is 1. The van der Waals surface area contributed by atoms with Crippen LogP contribution in [0.3, 0.4) is 0 Å². The Kier molecular flexibility index (Phi) is 7.48. The van der Waals surface area contributed by atoms with Gasteiger partial charge >= 0.3 is 15.5 Å². The number of hydrogen-bond acceptors (Lipinski definition) is 7. The van der Waals surface area contributed by atoms with Gasteiger partial charge in [0.05, 0.1) is 18.4 Å². The maximum Gasteiger partial charge on any atom is 0.516 e. The summed E-state index contributed by atoms with van der Waals surface area (Å²) < 4.78 is 74.1. The van der Waals surface area contributed by atoms with Gasteiger partial charge in [0.2, 0.25) is 0 Å². The van der Waals surface area contributed by atoms with Crippen LogP contribution in [0, 0.1) is 5.92 Å². The van der Waals surface area contributed by atoms with Crippen LogP contribution < -0.4 is 14.2 Å². The number of sulfonamides is 1. The predicted molar refractivity (Wildman–Crippen MR) is 130 cm³/mol. The van der Waals surface area contributed by atoms with Gasteiger partial charge in [-0.1, -0.05) is 26.0 Å². The smallest absolute Gasteiger partial charge is 0.493 e. The second kappa shape index (κ2) is 10.3. The molecule has 1 aromatic heterocycles.